The van der Waals surface area contributed by atoms with E-state index in [1.54, 1.807) is 6.07 Å². The van der Waals surface area contributed by atoms with Gasteiger partial charge in [-0.25, -0.2) is 4.98 Å². The number of hydrogen-bond acceptors (Lipinski definition) is 3. The van der Waals surface area contributed by atoms with Crippen LogP contribution in [0.5, 0.6) is 0 Å². The van der Waals surface area contributed by atoms with Crippen molar-refractivity contribution in [3.63, 3.8) is 0 Å². The molecular formula is C17H21N3O. The first-order valence-corrected chi connectivity index (χ1v) is 7.30. The standard InChI is InChI=1S/C17H21N3O/c1-3-13-8-10-14(11-9-13)12-19-17(21)15-6-5-7-16(20-15)18-4-2/h5-11H,3-4,12H2,1-2H3,(H,18,20)(H,19,21). The van der Waals surface area contributed by atoms with Crippen molar-refractivity contribution in [2.24, 2.45) is 0 Å². The van der Waals surface area contributed by atoms with Gasteiger partial charge in [-0.15, -0.1) is 0 Å². The highest BCUT2D eigenvalue weighted by Crippen LogP contribution is 2.07. The third-order valence-electron chi connectivity index (χ3n) is 3.22. The zero-order chi connectivity index (χ0) is 15.1. The van der Waals surface area contributed by atoms with E-state index < -0.39 is 0 Å². The molecule has 1 aromatic carbocycles. The number of carbonyl (C=O) groups is 1. The van der Waals surface area contributed by atoms with Crippen LogP contribution in [0.25, 0.3) is 0 Å². The van der Waals surface area contributed by atoms with E-state index in [1.165, 1.54) is 5.56 Å². The van der Waals surface area contributed by atoms with Gasteiger partial charge in [0.25, 0.3) is 5.91 Å². The molecular weight excluding hydrogens is 262 g/mol. The smallest absolute Gasteiger partial charge is 0.270 e. The number of benzene rings is 1. The van der Waals surface area contributed by atoms with Crippen LogP contribution in [0, 0.1) is 0 Å². The number of amides is 1. The van der Waals surface area contributed by atoms with E-state index in [1.807, 2.05) is 31.2 Å². The molecule has 0 saturated heterocycles. The Bertz CT molecular complexity index is 593. The second kappa shape index (κ2) is 7.43. The molecule has 2 rings (SSSR count). The number of aromatic nitrogens is 1. The highest BCUT2D eigenvalue weighted by molar-refractivity contribution is 5.92. The van der Waals surface area contributed by atoms with E-state index in [9.17, 15) is 4.79 Å². The summed E-state index contributed by atoms with van der Waals surface area (Å²) in [5.74, 6) is 0.562. The maximum atomic E-state index is 12.1. The molecule has 21 heavy (non-hydrogen) atoms. The summed E-state index contributed by atoms with van der Waals surface area (Å²) in [6, 6.07) is 13.7. The Morgan fingerprint density at radius 2 is 1.76 bits per heavy atom. The Balaban J connectivity index is 1.95. The number of anilines is 1. The van der Waals surface area contributed by atoms with Gasteiger partial charge in [0.15, 0.2) is 0 Å². The molecule has 0 saturated carbocycles. The van der Waals surface area contributed by atoms with Gasteiger partial charge in [0.05, 0.1) is 0 Å². The molecule has 0 radical (unpaired) electrons. The quantitative estimate of drug-likeness (QED) is 0.857. The molecule has 1 heterocycles. The highest BCUT2D eigenvalue weighted by Gasteiger charge is 2.07. The molecule has 0 atom stereocenters. The molecule has 0 bridgehead atoms. The van der Waals surface area contributed by atoms with Crippen LogP contribution >= 0.6 is 0 Å². The summed E-state index contributed by atoms with van der Waals surface area (Å²) in [6.45, 7) is 5.41. The summed E-state index contributed by atoms with van der Waals surface area (Å²) in [4.78, 5) is 16.4. The van der Waals surface area contributed by atoms with Crippen LogP contribution in [0.4, 0.5) is 5.82 Å². The van der Waals surface area contributed by atoms with Crippen LogP contribution in [-0.4, -0.2) is 17.4 Å². The van der Waals surface area contributed by atoms with Gasteiger partial charge in [0, 0.05) is 13.1 Å². The van der Waals surface area contributed by atoms with Crippen molar-refractivity contribution in [3.05, 3.63) is 59.3 Å². The average Bonchev–Trinajstić information content (AvgIpc) is 2.53. The molecule has 0 spiro atoms. The van der Waals surface area contributed by atoms with Crippen molar-refractivity contribution >= 4 is 11.7 Å². The van der Waals surface area contributed by atoms with Crippen LogP contribution < -0.4 is 10.6 Å². The lowest BCUT2D eigenvalue weighted by molar-refractivity contribution is 0.0946. The minimum atomic E-state index is -0.158. The number of carbonyl (C=O) groups excluding carboxylic acids is 1. The van der Waals surface area contributed by atoms with E-state index in [2.05, 4.69) is 34.7 Å². The van der Waals surface area contributed by atoms with E-state index in [-0.39, 0.29) is 5.91 Å². The topological polar surface area (TPSA) is 54.0 Å². The van der Waals surface area contributed by atoms with E-state index in [0.29, 0.717) is 12.2 Å². The molecule has 1 aromatic heterocycles. The molecule has 1 amide bonds. The number of rotatable bonds is 6. The lowest BCUT2D eigenvalue weighted by Gasteiger charge is -2.07. The summed E-state index contributed by atoms with van der Waals surface area (Å²) < 4.78 is 0. The molecule has 2 N–H and O–H groups in total. The minimum absolute atomic E-state index is 0.158. The van der Waals surface area contributed by atoms with Gasteiger partial charge < -0.3 is 10.6 Å². The highest BCUT2D eigenvalue weighted by atomic mass is 16.1. The number of pyridine rings is 1. The number of nitrogens with zero attached hydrogens (tertiary/aromatic N) is 1. The molecule has 0 fully saturated rings. The maximum Gasteiger partial charge on any atom is 0.270 e. The SMILES string of the molecule is CCNc1cccc(C(=O)NCc2ccc(CC)cc2)n1. The molecule has 0 aliphatic heterocycles. The lowest BCUT2D eigenvalue weighted by atomic mass is 10.1. The Hall–Kier alpha value is -2.36. The monoisotopic (exact) mass is 283 g/mol. The normalized spacial score (nSPS) is 10.2. The molecule has 110 valence electrons. The molecule has 0 unspecified atom stereocenters. The zero-order valence-electron chi connectivity index (χ0n) is 12.5. The van der Waals surface area contributed by atoms with Gasteiger partial charge in [-0.2, -0.15) is 0 Å². The number of aryl methyl sites for hydroxylation is 1. The maximum absolute atomic E-state index is 12.1. The Morgan fingerprint density at radius 3 is 2.43 bits per heavy atom. The van der Waals surface area contributed by atoms with Crippen LogP contribution in [0.1, 0.15) is 35.5 Å². The Kier molecular flexibility index (Phi) is 5.32. The van der Waals surface area contributed by atoms with Gasteiger partial charge in [0.1, 0.15) is 11.5 Å². The van der Waals surface area contributed by atoms with Gasteiger partial charge in [0.2, 0.25) is 0 Å². The zero-order valence-corrected chi connectivity index (χ0v) is 12.5. The van der Waals surface area contributed by atoms with Crippen molar-refractivity contribution in [2.75, 3.05) is 11.9 Å². The summed E-state index contributed by atoms with van der Waals surface area (Å²) in [6.07, 6.45) is 1.02. The van der Waals surface area contributed by atoms with E-state index >= 15 is 0 Å². The van der Waals surface area contributed by atoms with Crippen molar-refractivity contribution in [1.29, 1.82) is 0 Å². The van der Waals surface area contributed by atoms with E-state index in [4.69, 9.17) is 0 Å². The van der Waals surface area contributed by atoms with E-state index in [0.717, 1.165) is 24.3 Å². The molecule has 2 aromatic rings. The predicted octanol–water partition coefficient (Wildman–Crippen LogP) is 3.01. The third-order valence-corrected chi connectivity index (χ3v) is 3.22. The first-order chi connectivity index (χ1) is 10.2. The summed E-state index contributed by atoms with van der Waals surface area (Å²) in [7, 11) is 0. The Morgan fingerprint density at radius 1 is 1.05 bits per heavy atom. The number of hydrogen-bond donors (Lipinski definition) is 2. The average molecular weight is 283 g/mol. The predicted molar refractivity (Wildman–Crippen MR) is 85.4 cm³/mol. The second-order valence-electron chi connectivity index (χ2n) is 4.79. The van der Waals surface area contributed by atoms with Gasteiger partial charge in [-0.1, -0.05) is 37.3 Å². The Labute approximate surface area is 125 Å². The van der Waals surface area contributed by atoms with Crippen LogP contribution in [0.15, 0.2) is 42.5 Å². The first kappa shape index (κ1) is 15.0. The van der Waals surface area contributed by atoms with Gasteiger partial charge in [-0.05, 0) is 36.6 Å². The summed E-state index contributed by atoms with van der Waals surface area (Å²) in [5.41, 5.74) is 2.81. The van der Waals surface area contributed by atoms with Gasteiger partial charge in [-0.3, -0.25) is 4.79 Å². The van der Waals surface area contributed by atoms with Crippen molar-refractivity contribution < 1.29 is 4.79 Å². The summed E-state index contributed by atoms with van der Waals surface area (Å²) in [5, 5.41) is 5.99. The molecule has 0 aliphatic carbocycles. The largest absolute Gasteiger partial charge is 0.370 e. The number of nitrogens with one attached hydrogen (secondary N) is 2. The lowest BCUT2D eigenvalue weighted by Crippen LogP contribution is -2.24. The molecule has 4 nitrogen and oxygen atoms in total. The molecule has 0 aliphatic rings. The van der Waals surface area contributed by atoms with Crippen LogP contribution in [0.3, 0.4) is 0 Å². The summed E-state index contributed by atoms with van der Waals surface area (Å²) >= 11 is 0. The third kappa shape index (κ3) is 4.31. The second-order valence-corrected chi connectivity index (χ2v) is 4.79. The van der Waals surface area contributed by atoms with Crippen LogP contribution in [0.2, 0.25) is 0 Å². The fraction of sp³-hybridized carbons (Fsp3) is 0.294. The fourth-order valence-corrected chi connectivity index (χ4v) is 2.01. The van der Waals surface area contributed by atoms with Crippen molar-refractivity contribution in [3.8, 4) is 0 Å². The molecule has 4 heteroatoms. The first-order valence-electron chi connectivity index (χ1n) is 7.30. The minimum Gasteiger partial charge on any atom is -0.370 e. The fourth-order valence-electron chi connectivity index (χ4n) is 2.01. The van der Waals surface area contributed by atoms with Crippen LogP contribution in [-0.2, 0) is 13.0 Å². The van der Waals surface area contributed by atoms with Crippen molar-refractivity contribution in [2.45, 2.75) is 26.8 Å². The van der Waals surface area contributed by atoms with Crippen molar-refractivity contribution in [1.82, 2.24) is 10.3 Å². The van der Waals surface area contributed by atoms with Gasteiger partial charge >= 0.3 is 0 Å².